The second kappa shape index (κ2) is 7.95. The molecule has 0 heterocycles. The van der Waals surface area contributed by atoms with Crippen LogP contribution >= 0.6 is 0 Å². The van der Waals surface area contributed by atoms with Gasteiger partial charge in [-0.15, -0.1) is 0 Å². The van der Waals surface area contributed by atoms with Gasteiger partial charge in [-0.1, -0.05) is 39.8 Å². The maximum Gasteiger partial charge on any atom is 0.227 e. The number of carbonyl (C=O) groups is 1. The van der Waals surface area contributed by atoms with Gasteiger partial charge in [0.1, 0.15) is 0 Å². The van der Waals surface area contributed by atoms with Crippen molar-refractivity contribution in [3.05, 3.63) is 29.8 Å². The third-order valence-corrected chi connectivity index (χ3v) is 3.27. The van der Waals surface area contributed by atoms with Crippen LogP contribution in [-0.2, 0) is 11.3 Å². The highest BCUT2D eigenvalue weighted by molar-refractivity contribution is 5.92. The minimum absolute atomic E-state index is 0.109. The Hall–Kier alpha value is -1.35. The van der Waals surface area contributed by atoms with E-state index in [1.807, 2.05) is 18.2 Å². The number of rotatable bonds is 7. The molecule has 0 aromatic heterocycles. The van der Waals surface area contributed by atoms with Crippen LogP contribution in [0, 0.1) is 5.92 Å². The maximum atomic E-state index is 12.0. The van der Waals surface area contributed by atoms with Gasteiger partial charge in [0.15, 0.2) is 0 Å². The van der Waals surface area contributed by atoms with Gasteiger partial charge in [-0.2, -0.15) is 0 Å². The summed E-state index contributed by atoms with van der Waals surface area (Å²) in [5.74, 6) is 0.233. The normalized spacial score (nSPS) is 11.1. The summed E-state index contributed by atoms with van der Waals surface area (Å²) >= 11 is 0. The maximum absolute atomic E-state index is 12.0. The van der Waals surface area contributed by atoms with Crippen molar-refractivity contribution in [3.63, 3.8) is 0 Å². The number of benzene rings is 1. The summed E-state index contributed by atoms with van der Waals surface area (Å²) in [7, 11) is 0. The second-order valence-corrected chi connectivity index (χ2v) is 5.24. The quantitative estimate of drug-likeness (QED) is 0.789. The molecule has 0 atom stereocenters. The third-order valence-electron chi connectivity index (χ3n) is 3.27. The number of carbonyl (C=O) groups excluding carboxylic acids is 1. The predicted octanol–water partition coefficient (Wildman–Crippen LogP) is 3.56. The lowest BCUT2D eigenvalue weighted by molar-refractivity contribution is -0.120. The molecule has 2 N–H and O–H groups in total. The van der Waals surface area contributed by atoms with E-state index in [1.54, 1.807) is 0 Å². The topological polar surface area (TPSA) is 41.1 Å². The lowest BCUT2D eigenvalue weighted by atomic mass is 10.0. The van der Waals surface area contributed by atoms with Crippen molar-refractivity contribution >= 4 is 11.6 Å². The van der Waals surface area contributed by atoms with Crippen LogP contribution in [-0.4, -0.2) is 11.9 Å². The van der Waals surface area contributed by atoms with Crippen molar-refractivity contribution in [3.8, 4) is 0 Å². The van der Waals surface area contributed by atoms with Gasteiger partial charge in [0, 0.05) is 24.2 Å². The molecule has 1 aromatic rings. The first kappa shape index (κ1) is 15.7. The van der Waals surface area contributed by atoms with Crippen molar-refractivity contribution in [2.24, 2.45) is 5.92 Å². The first-order valence-electron chi connectivity index (χ1n) is 7.20. The molecule has 0 saturated carbocycles. The molecule has 0 bridgehead atoms. The number of hydrogen-bond donors (Lipinski definition) is 2. The van der Waals surface area contributed by atoms with Gasteiger partial charge in [0.05, 0.1) is 0 Å². The average molecular weight is 262 g/mol. The van der Waals surface area contributed by atoms with Crippen LogP contribution in [0.15, 0.2) is 24.3 Å². The highest BCUT2D eigenvalue weighted by Crippen LogP contribution is 2.15. The molecule has 0 saturated heterocycles. The molecule has 0 aliphatic carbocycles. The molecule has 1 amide bonds. The predicted molar refractivity (Wildman–Crippen MR) is 81.1 cm³/mol. The molecule has 3 nitrogen and oxygen atoms in total. The summed E-state index contributed by atoms with van der Waals surface area (Å²) in [4.78, 5) is 12.0. The SMILES string of the molecule is CCC(CC)C(=O)Nc1cccc(CNC(C)C)c1. The smallest absolute Gasteiger partial charge is 0.227 e. The summed E-state index contributed by atoms with van der Waals surface area (Å²) < 4.78 is 0. The van der Waals surface area contributed by atoms with Crippen LogP contribution in [0.1, 0.15) is 46.1 Å². The minimum Gasteiger partial charge on any atom is -0.326 e. The Labute approximate surface area is 116 Å². The van der Waals surface area contributed by atoms with E-state index >= 15 is 0 Å². The number of amides is 1. The van der Waals surface area contributed by atoms with E-state index in [9.17, 15) is 4.79 Å². The third kappa shape index (κ3) is 5.43. The van der Waals surface area contributed by atoms with Crippen molar-refractivity contribution in [1.29, 1.82) is 0 Å². The van der Waals surface area contributed by atoms with E-state index in [2.05, 4.69) is 44.4 Å². The Morgan fingerprint density at radius 3 is 2.47 bits per heavy atom. The first-order chi connectivity index (χ1) is 9.06. The summed E-state index contributed by atoms with van der Waals surface area (Å²) in [5.41, 5.74) is 2.08. The summed E-state index contributed by atoms with van der Waals surface area (Å²) in [6.45, 7) is 9.18. The molecule has 19 heavy (non-hydrogen) atoms. The Bertz CT molecular complexity index is 397. The van der Waals surface area contributed by atoms with Crippen molar-refractivity contribution < 1.29 is 4.79 Å². The Morgan fingerprint density at radius 2 is 1.89 bits per heavy atom. The fourth-order valence-corrected chi connectivity index (χ4v) is 1.98. The van der Waals surface area contributed by atoms with Crippen LogP contribution in [0.2, 0.25) is 0 Å². The van der Waals surface area contributed by atoms with Crippen LogP contribution in [0.3, 0.4) is 0 Å². The molecule has 1 rings (SSSR count). The largest absolute Gasteiger partial charge is 0.326 e. The standard InChI is InChI=1S/C16H26N2O/c1-5-14(6-2)16(19)18-15-9-7-8-13(10-15)11-17-12(3)4/h7-10,12,14,17H,5-6,11H2,1-4H3,(H,18,19). The van der Waals surface area contributed by atoms with Crippen LogP contribution < -0.4 is 10.6 Å². The molecule has 0 unspecified atom stereocenters. The Balaban J connectivity index is 2.63. The summed E-state index contributed by atoms with van der Waals surface area (Å²) in [6, 6.07) is 8.50. The fourth-order valence-electron chi connectivity index (χ4n) is 1.98. The zero-order valence-electron chi connectivity index (χ0n) is 12.5. The molecule has 1 aromatic carbocycles. The molecular formula is C16H26N2O. The molecule has 3 heteroatoms. The fraction of sp³-hybridized carbons (Fsp3) is 0.562. The number of nitrogens with one attached hydrogen (secondary N) is 2. The van der Waals surface area contributed by atoms with Gasteiger partial charge >= 0.3 is 0 Å². The van der Waals surface area contributed by atoms with E-state index in [0.717, 1.165) is 25.1 Å². The Morgan fingerprint density at radius 1 is 1.21 bits per heavy atom. The molecule has 0 radical (unpaired) electrons. The molecule has 0 fully saturated rings. The monoisotopic (exact) mass is 262 g/mol. The van der Waals surface area contributed by atoms with Gasteiger partial charge in [0.25, 0.3) is 0 Å². The van der Waals surface area contributed by atoms with Crippen LogP contribution in [0.5, 0.6) is 0 Å². The zero-order chi connectivity index (χ0) is 14.3. The Kier molecular flexibility index (Phi) is 6.57. The van der Waals surface area contributed by atoms with Crippen LogP contribution in [0.4, 0.5) is 5.69 Å². The van der Waals surface area contributed by atoms with Crippen molar-refractivity contribution in [2.75, 3.05) is 5.32 Å². The van der Waals surface area contributed by atoms with Gasteiger partial charge in [0.2, 0.25) is 5.91 Å². The van der Waals surface area contributed by atoms with E-state index in [4.69, 9.17) is 0 Å². The summed E-state index contributed by atoms with van der Waals surface area (Å²) in [5, 5.41) is 6.38. The van der Waals surface area contributed by atoms with Crippen LogP contribution in [0.25, 0.3) is 0 Å². The average Bonchev–Trinajstić information content (AvgIpc) is 2.38. The van der Waals surface area contributed by atoms with Crippen molar-refractivity contribution in [1.82, 2.24) is 5.32 Å². The highest BCUT2D eigenvalue weighted by Gasteiger charge is 2.13. The van der Waals surface area contributed by atoms with E-state index in [1.165, 1.54) is 5.56 Å². The first-order valence-corrected chi connectivity index (χ1v) is 7.20. The molecular weight excluding hydrogens is 236 g/mol. The number of anilines is 1. The van der Waals surface area contributed by atoms with E-state index in [-0.39, 0.29) is 11.8 Å². The van der Waals surface area contributed by atoms with Gasteiger partial charge in [-0.3, -0.25) is 4.79 Å². The highest BCUT2D eigenvalue weighted by atomic mass is 16.1. The minimum atomic E-state index is 0.109. The second-order valence-electron chi connectivity index (χ2n) is 5.24. The molecule has 0 aliphatic heterocycles. The van der Waals surface area contributed by atoms with Gasteiger partial charge in [-0.05, 0) is 30.5 Å². The van der Waals surface area contributed by atoms with Gasteiger partial charge < -0.3 is 10.6 Å². The van der Waals surface area contributed by atoms with Gasteiger partial charge in [-0.25, -0.2) is 0 Å². The molecule has 106 valence electrons. The number of hydrogen-bond acceptors (Lipinski definition) is 2. The van der Waals surface area contributed by atoms with E-state index in [0.29, 0.717) is 6.04 Å². The lowest BCUT2D eigenvalue weighted by Crippen LogP contribution is -2.23. The van der Waals surface area contributed by atoms with Crippen molar-refractivity contribution in [2.45, 2.75) is 53.1 Å². The summed E-state index contributed by atoms with van der Waals surface area (Å²) in [6.07, 6.45) is 1.77. The molecule has 0 spiro atoms. The lowest BCUT2D eigenvalue weighted by Gasteiger charge is -2.14. The zero-order valence-corrected chi connectivity index (χ0v) is 12.5. The van der Waals surface area contributed by atoms with E-state index < -0.39 is 0 Å². The molecule has 0 aliphatic rings.